The van der Waals surface area contributed by atoms with Crippen molar-refractivity contribution in [3.8, 4) is 0 Å². The van der Waals surface area contributed by atoms with E-state index in [1.807, 2.05) is 13.0 Å². The number of hydrogen-bond donors (Lipinski definition) is 1. The summed E-state index contributed by atoms with van der Waals surface area (Å²) in [6.07, 6.45) is 1.15. The van der Waals surface area contributed by atoms with Crippen LogP contribution in [-0.4, -0.2) is 11.7 Å². The fraction of sp³-hybridized carbons (Fsp3) is 0.294. The summed E-state index contributed by atoms with van der Waals surface area (Å²) in [6.45, 7) is 1.91. The Bertz CT molecular complexity index is 581. The second-order valence-electron chi connectivity index (χ2n) is 5.16. The van der Waals surface area contributed by atoms with Crippen molar-refractivity contribution < 1.29 is 13.9 Å². The van der Waals surface area contributed by atoms with Gasteiger partial charge in [-0.25, -0.2) is 8.78 Å². The van der Waals surface area contributed by atoms with E-state index in [2.05, 4.69) is 0 Å². The monoisotopic (exact) mass is 276 g/mol. The van der Waals surface area contributed by atoms with Crippen molar-refractivity contribution in [1.29, 1.82) is 0 Å². The topological polar surface area (TPSA) is 20.2 Å². The fourth-order valence-electron chi connectivity index (χ4n) is 2.37. The van der Waals surface area contributed by atoms with Crippen LogP contribution >= 0.6 is 0 Å². The molecule has 3 heteroatoms. The van der Waals surface area contributed by atoms with Gasteiger partial charge in [-0.1, -0.05) is 18.2 Å². The van der Waals surface area contributed by atoms with E-state index >= 15 is 0 Å². The standard InChI is InChI=1S/C17H18F2O/c1-12-5-6-17(19)10-15(12)8-14(11-20)7-13-3-2-4-16(18)9-13/h2-6,9-10,14,20H,7-8,11H2,1H3. The number of rotatable bonds is 5. The first-order valence-electron chi connectivity index (χ1n) is 6.69. The summed E-state index contributed by atoms with van der Waals surface area (Å²) >= 11 is 0. The summed E-state index contributed by atoms with van der Waals surface area (Å²) in [5.41, 5.74) is 2.74. The van der Waals surface area contributed by atoms with Crippen LogP contribution in [-0.2, 0) is 12.8 Å². The third kappa shape index (κ3) is 3.87. The second-order valence-corrected chi connectivity index (χ2v) is 5.16. The van der Waals surface area contributed by atoms with Gasteiger partial charge in [-0.3, -0.25) is 0 Å². The molecular formula is C17H18F2O. The van der Waals surface area contributed by atoms with Crippen molar-refractivity contribution in [3.63, 3.8) is 0 Å². The first-order chi connectivity index (χ1) is 9.58. The third-order valence-corrected chi connectivity index (χ3v) is 3.49. The Morgan fingerprint density at radius 2 is 1.75 bits per heavy atom. The molecule has 0 spiro atoms. The number of aliphatic hydroxyl groups excluding tert-OH is 1. The molecule has 0 aliphatic rings. The molecule has 0 amide bonds. The van der Waals surface area contributed by atoms with Gasteiger partial charge in [-0.15, -0.1) is 0 Å². The highest BCUT2D eigenvalue weighted by molar-refractivity contribution is 5.27. The van der Waals surface area contributed by atoms with Crippen LogP contribution in [0.1, 0.15) is 16.7 Å². The van der Waals surface area contributed by atoms with Crippen molar-refractivity contribution in [2.45, 2.75) is 19.8 Å². The Hall–Kier alpha value is -1.74. The molecule has 1 N–H and O–H groups in total. The summed E-state index contributed by atoms with van der Waals surface area (Å²) < 4.78 is 26.4. The molecule has 0 heterocycles. The van der Waals surface area contributed by atoms with E-state index in [-0.39, 0.29) is 24.2 Å². The second kappa shape index (κ2) is 6.62. The number of aliphatic hydroxyl groups is 1. The molecule has 2 rings (SSSR count). The van der Waals surface area contributed by atoms with Crippen LogP contribution in [0.5, 0.6) is 0 Å². The van der Waals surface area contributed by atoms with E-state index in [4.69, 9.17) is 0 Å². The van der Waals surface area contributed by atoms with Gasteiger partial charge in [0, 0.05) is 6.61 Å². The largest absolute Gasteiger partial charge is 0.396 e. The number of aryl methyl sites for hydroxylation is 1. The molecule has 0 bridgehead atoms. The summed E-state index contributed by atoms with van der Waals surface area (Å²) in [6, 6.07) is 11.0. The van der Waals surface area contributed by atoms with Crippen LogP contribution in [0.15, 0.2) is 42.5 Å². The molecule has 2 aromatic carbocycles. The molecule has 0 saturated heterocycles. The van der Waals surface area contributed by atoms with Gasteiger partial charge >= 0.3 is 0 Å². The minimum absolute atomic E-state index is 0.00747. The first kappa shape index (κ1) is 14.7. The van der Waals surface area contributed by atoms with Crippen LogP contribution in [0, 0.1) is 24.5 Å². The van der Waals surface area contributed by atoms with Crippen LogP contribution in [0.3, 0.4) is 0 Å². The van der Waals surface area contributed by atoms with E-state index in [0.717, 1.165) is 16.7 Å². The van der Waals surface area contributed by atoms with Crippen molar-refractivity contribution >= 4 is 0 Å². The zero-order valence-electron chi connectivity index (χ0n) is 11.4. The molecule has 0 saturated carbocycles. The predicted molar refractivity (Wildman–Crippen MR) is 75.5 cm³/mol. The number of benzene rings is 2. The van der Waals surface area contributed by atoms with E-state index < -0.39 is 0 Å². The molecule has 1 nitrogen and oxygen atoms in total. The summed E-state index contributed by atoms with van der Waals surface area (Å²) in [7, 11) is 0. The Labute approximate surface area is 117 Å². The SMILES string of the molecule is Cc1ccc(F)cc1CC(CO)Cc1cccc(F)c1. The van der Waals surface area contributed by atoms with Gasteiger partial charge < -0.3 is 5.11 Å². The average Bonchev–Trinajstić information content (AvgIpc) is 2.42. The van der Waals surface area contributed by atoms with Crippen LogP contribution in [0.2, 0.25) is 0 Å². The maximum atomic E-state index is 13.3. The average molecular weight is 276 g/mol. The highest BCUT2D eigenvalue weighted by Gasteiger charge is 2.12. The van der Waals surface area contributed by atoms with Crippen LogP contribution < -0.4 is 0 Å². The lowest BCUT2D eigenvalue weighted by Gasteiger charge is -2.16. The molecule has 0 aliphatic carbocycles. The Morgan fingerprint density at radius 1 is 1.00 bits per heavy atom. The van der Waals surface area contributed by atoms with Crippen molar-refractivity contribution in [1.82, 2.24) is 0 Å². The maximum Gasteiger partial charge on any atom is 0.123 e. The van der Waals surface area contributed by atoms with Crippen molar-refractivity contribution in [2.75, 3.05) is 6.61 Å². The molecule has 2 aromatic rings. The van der Waals surface area contributed by atoms with Gasteiger partial charge in [0.1, 0.15) is 11.6 Å². The lowest BCUT2D eigenvalue weighted by atomic mass is 9.91. The minimum Gasteiger partial charge on any atom is -0.396 e. The number of hydrogen-bond acceptors (Lipinski definition) is 1. The van der Waals surface area contributed by atoms with Gasteiger partial charge in [0.05, 0.1) is 0 Å². The van der Waals surface area contributed by atoms with E-state index in [1.165, 1.54) is 24.3 Å². The van der Waals surface area contributed by atoms with Gasteiger partial charge in [-0.2, -0.15) is 0 Å². The Kier molecular flexibility index (Phi) is 4.85. The lowest BCUT2D eigenvalue weighted by Crippen LogP contribution is -2.14. The van der Waals surface area contributed by atoms with Gasteiger partial charge in [0.15, 0.2) is 0 Å². The van der Waals surface area contributed by atoms with E-state index in [9.17, 15) is 13.9 Å². The zero-order chi connectivity index (χ0) is 14.5. The molecule has 1 atom stereocenters. The Morgan fingerprint density at radius 3 is 2.45 bits per heavy atom. The third-order valence-electron chi connectivity index (χ3n) is 3.49. The van der Waals surface area contributed by atoms with E-state index in [0.29, 0.717) is 12.8 Å². The van der Waals surface area contributed by atoms with Crippen molar-refractivity contribution in [3.05, 3.63) is 70.8 Å². The molecule has 106 valence electrons. The van der Waals surface area contributed by atoms with E-state index in [1.54, 1.807) is 12.1 Å². The Balaban J connectivity index is 2.11. The molecule has 1 unspecified atom stereocenters. The highest BCUT2D eigenvalue weighted by Crippen LogP contribution is 2.18. The molecule has 0 aliphatic heterocycles. The minimum atomic E-state index is -0.277. The molecule has 0 fully saturated rings. The summed E-state index contributed by atoms with van der Waals surface area (Å²) in [4.78, 5) is 0. The first-order valence-corrected chi connectivity index (χ1v) is 6.69. The summed E-state index contributed by atoms with van der Waals surface area (Å²) in [5, 5.41) is 9.49. The number of halogens is 2. The fourth-order valence-corrected chi connectivity index (χ4v) is 2.37. The molecular weight excluding hydrogens is 258 g/mol. The van der Waals surface area contributed by atoms with Crippen LogP contribution in [0.4, 0.5) is 8.78 Å². The van der Waals surface area contributed by atoms with Gasteiger partial charge in [0.25, 0.3) is 0 Å². The van der Waals surface area contributed by atoms with Crippen molar-refractivity contribution in [2.24, 2.45) is 5.92 Å². The smallest absolute Gasteiger partial charge is 0.123 e. The van der Waals surface area contributed by atoms with Gasteiger partial charge in [0.2, 0.25) is 0 Å². The zero-order valence-corrected chi connectivity index (χ0v) is 11.4. The normalized spacial score (nSPS) is 12.4. The van der Waals surface area contributed by atoms with Gasteiger partial charge in [-0.05, 0) is 66.6 Å². The lowest BCUT2D eigenvalue weighted by molar-refractivity contribution is 0.224. The molecule has 20 heavy (non-hydrogen) atoms. The summed E-state index contributed by atoms with van der Waals surface area (Å²) in [5.74, 6) is -0.591. The quantitative estimate of drug-likeness (QED) is 0.883. The van der Waals surface area contributed by atoms with Crippen LogP contribution in [0.25, 0.3) is 0 Å². The predicted octanol–water partition coefficient (Wildman–Crippen LogP) is 3.67. The highest BCUT2D eigenvalue weighted by atomic mass is 19.1. The molecule has 0 radical (unpaired) electrons. The molecule has 0 aromatic heterocycles. The maximum absolute atomic E-state index is 13.3.